The predicted molar refractivity (Wildman–Crippen MR) is 254 cm³/mol. The van der Waals surface area contributed by atoms with Crippen LogP contribution in [0.5, 0.6) is 11.5 Å². The zero-order chi connectivity index (χ0) is 49.6. The Bertz CT molecular complexity index is 2080. The molecule has 67 heavy (non-hydrogen) atoms. The van der Waals surface area contributed by atoms with Gasteiger partial charge in [-0.05, 0) is 116 Å². The fourth-order valence-electron chi connectivity index (χ4n) is 6.94. The first-order valence-corrected chi connectivity index (χ1v) is 23.8. The van der Waals surface area contributed by atoms with E-state index >= 15 is 0 Å². The van der Waals surface area contributed by atoms with E-state index in [-0.39, 0.29) is 73.5 Å². The fourth-order valence-corrected chi connectivity index (χ4v) is 7.42. The van der Waals surface area contributed by atoms with Crippen LogP contribution in [0, 0.1) is 11.8 Å². The number of carbonyl (C=O) groups excluding carboxylic acids is 6. The molecule has 0 saturated carbocycles. The van der Waals surface area contributed by atoms with E-state index in [4.69, 9.17) is 15.9 Å². The number of furan rings is 1. The highest BCUT2D eigenvalue weighted by atomic mass is 32.2. The minimum absolute atomic E-state index is 0.00928. The number of nitrogens with two attached hydrogens (primary N) is 2. The quantitative estimate of drug-likeness (QED) is 0.0445. The largest absolute Gasteiger partial charge is 0.508 e. The van der Waals surface area contributed by atoms with Crippen LogP contribution < -0.4 is 43.4 Å². The van der Waals surface area contributed by atoms with Crippen molar-refractivity contribution in [2.75, 3.05) is 18.6 Å². The van der Waals surface area contributed by atoms with Crippen molar-refractivity contribution in [3.63, 3.8) is 0 Å². The van der Waals surface area contributed by atoms with Gasteiger partial charge in [-0.25, -0.2) is 4.79 Å². The van der Waals surface area contributed by atoms with E-state index in [0.717, 1.165) is 0 Å². The number of phenolic OH excluding ortho intramolecular Hbond substituents is 2. The van der Waals surface area contributed by atoms with E-state index in [2.05, 4.69) is 31.9 Å². The highest BCUT2D eigenvalue weighted by molar-refractivity contribution is 7.98. The number of hydrogen-bond donors (Lipinski definition) is 11. The summed E-state index contributed by atoms with van der Waals surface area (Å²) in [6.45, 7) is 7.66. The Labute approximate surface area is 395 Å². The minimum Gasteiger partial charge on any atom is -0.508 e. The molecule has 1 heterocycles. The van der Waals surface area contributed by atoms with Crippen LogP contribution in [-0.2, 0) is 48.2 Å². The summed E-state index contributed by atoms with van der Waals surface area (Å²) in [7, 11) is 0. The predicted octanol–water partition coefficient (Wildman–Crippen LogP) is 2.22. The molecule has 3 aromatic rings. The highest BCUT2D eigenvalue weighted by Gasteiger charge is 2.32. The van der Waals surface area contributed by atoms with E-state index < -0.39 is 77.7 Å². The number of unbranched alkanes of at least 4 members (excludes halogenated alkanes) is 1. The number of amides is 6. The molecule has 0 aliphatic heterocycles. The number of carboxylic acids is 1. The smallest absolute Gasteiger partial charge is 0.326 e. The summed E-state index contributed by atoms with van der Waals surface area (Å²) in [5, 5.41) is 45.5. The van der Waals surface area contributed by atoms with Crippen molar-refractivity contribution in [1.82, 2.24) is 31.9 Å². The van der Waals surface area contributed by atoms with Crippen molar-refractivity contribution in [2.24, 2.45) is 23.3 Å². The second-order valence-electron chi connectivity index (χ2n) is 17.3. The van der Waals surface area contributed by atoms with Gasteiger partial charge in [0.2, 0.25) is 29.5 Å². The minimum atomic E-state index is -1.28. The molecule has 368 valence electrons. The van der Waals surface area contributed by atoms with Crippen LogP contribution >= 0.6 is 11.8 Å². The maximum atomic E-state index is 14.0. The van der Waals surface area contributed by atoms with Crippen molar-refractivity contribution in [1.29, 1.82) is 0 Å². The standard InChI is InChI=1S/C47H68N8O11S/c1-27(2)22-34(49)41(58)51-35(19-21-67-5)43(60)54-38(24-29-9-13-31(56)14-10-29)42(59)50-26-33-17-18-40(66-33)46(63)55-39(25-30-11-15-32(57)16-12-30)45(62)53-37(23-28(3)4)44(61)52-36(47(64)65)8-6-7-20-48/h9-18,27-28,34-39,56-57H,6-8,19-26,48-49H2,1-5H3,(H,50,59)(H,51,58)(H,52,61)(H,53,62)(H,54,60)(H,55,63)(H,64,65)/t34-,35-,36-,37-,38-,39-/m0/s1. The number of aliphatic carboxylic acids is 1. The van der Waals surface area contributed by atoms with Gasteiger partial charge in [0.25, 0.3) is 5.91 Å². The zero-order valence-electron chi connectivity index (χ0n) is 38.8. The molecule has 0 aliphatic carbocycles. The molecule has 19 nitrogen and oxygen atoms in total. The molecule has 6 atom stereocenters. The number of benzene rings is 2. The lowest BCUT2D eigenvalue weighted by atomic mass is 10.00. The fraction of sp³-hybridized carbons (Fsp3) is 0.511. The molecule has 13 N–H and O–H groups in total. The van der Waals surface area contributed by atoms with Crippen LogP contribution in [0.25, 0.3) is 0 Å². The molecule has 1 aromatic heterocycles. The topological polar surface area (TPSA) is 318 Å². The van der Waals surface area contributed by atoms with Crippen molar-refractivity contribution in [3.05, 3.63) is 83.3 Å². The van der Waals surface area contributed by atoms with Crippen LogP contribution in [0.3, 0.4) is 0 Å². The van der Waals surface area contributed by atoms with Gasteiger partial charge in [0.1, 0.15) is 47.5 Å². The van der Waals surface area contributed by atoms with Crippen LogP contribution in [-0.4, -0.2) is 112 Å². The van der Waals surface area contributed by atoms with Crippen molar-refractivity contribution in [3.8, 4) is 11.5 Å². The van der Waals surface area contributed by atoms with Gasteiger partial charge >= 0.3 is 5.97 Å². The molecule has 2 aromatic carbocycles. The second kappa shape index (κ2) is 28.1. The molecule has 0 radical (unpaired) electrons. The molecule has 0 bridgehead atoms. The van der Waals surface area contributed by atoms with Crippen molar-refractivity contribution >= 4 is 53.2 Å². The molecule has 0 saturated heterocycles. The van der Waals surface area contributed by atoms with Gasteiger partial charge in [0.05, 0.1) is 12.6 Å². The lowest BCUT2D eigenvalue weighted by molar-refractivity contribution is -0.142. The third-order valence-corrected chi connectivity index (χ3v) is 11.2. The summed E-state index contributed by atoms with van der Waals surface area (Å²) in [4.78, 5) is 93.5. The van der Waals surface area contributed by atoms with Gasteiger partial charge in [-0.15, -0.1) is 0 Å². The van der Waals surface area contributed by atoms with Gasteiger partial charge in [-0.1, -0.05) is 52.0 Å². The van der Waals surface area contributed by atoms with E-state index in [1.54, 1.807) is 24.3 Å². The molecule has 0 aliphatic rings. The number of carbonyl (C=O) groups is 7. The number of hydrogen-bond acceptors (Lipinski definition) is 13. The molecular weight excluding hydrogens is 885 g/mol. The molecule has 3 rings (SSSR count). The summed E-state index contributed by atoms with van der Waals surface area (Å²) < 4.78 is 5.79. The number of phenols is 2. The Hall–Kier alpha value is -6.12. The van der Waals surface area contributed by atoms with Gasteiger partial charge < -0.3 is 63.1 Å². The molecular formula is C47H68N8O11S. The normalized spacial score (nSPS) is 13.9. The van der Waals surface area contributed by atoms with Gasteiger partial charge in [-0.3, -0.25) is 28.8 Å². The maximum Gasteiger partial charge on any atom is 0.326 e. The van der Waals surface area contributed by atoms with Crippen LogP contribution in [0.1, 0.15) is 93.7 Å². The summed E-state index contributed by atoms with van der Waals surface area (Å²) in [5.74, 6) is -4.70. The van der Waals surface area contributed by atoms with Crippen LogP contribution in [0.4, 0.5) is 0 Å². The second-order valence-corrected chi connectivity index (χ2v) is 18.3. The van der Waals surface area contributed by atoms with Crippen LogP contribution in [0.2, 0.25) is 0 Å². The summed E-state index contributed by atoms with van der Waals surface area (Å²) >= 11 is 1.48. The van der Waals surface area contributed by atoms with E-state index in [1.807, 2.05) is 34.0 Å². The van der Waals surface area contributed by atoms with Gasteiger partial charge in [0, 0.05) is 12.8 Å². The highest BCUT2D eigenvalue weighted by Crippen LogP contribution is 2.16. The van der Waals surface area contributed by atoms with E-state index in [9.17, 15) is 48.9 Å². The first-order valence-electron chi connectivity index (χ1n) is 22.4. The number of rotatable bonds is 29. The third-order valence-electron chi connectivity index (χ3n) is 10.5. The summed E-state index contributed by atoms with van der Waals surface area (Å²) in [5.41, 5.74) is 12.8. The van der Waals surface area contributed by atoms with Crippen LogP contribution in [0.15, 0.2) is 65.1 Å². The monoisotopic (exact) mass is 952 g/mol. The SMILES string of the molecule is CSCC[C@H](NC(=O)[C@@H](N)CC(C)C)C(=O)N[C@@H](Cc1ccc(O)cc1)C(=O)NCc1ccc(C(=O)N[C@@H](Cc2ccc(O)cc2)C(=O)N[C@@H](CC(C)C)C(=O)N[C@@H](CCCCN)C(=O)O)o1. The Morgan fingerprint density at radius 3 is 1.66 bits per heavy atom. The first kappa shape index (κ1) is 55.2. The third kappa shape index (κ3) is 19.7. The molecule has 0 spiro atoms. The molecule has 0 fully saturated rings. The first-order chi connectivity index (χ1) is 31.8. The lowest BCUT2D eigenvalue weighted by Crippen LogP contribution is -2.56. The summed E-state index contributed by atoms with van der Waals surface area (Å²) in [6.07, 6.45) is 3.80. The molecule has 20 heteroatoms. The molecule has 0 unspecified atom stereocenters. The number of carboxylic acid groups (broad SMARTS) is 1. The lowest BCUT2D eigenvalue weighted by Gasteiger charge is -2.25. The van der Waals surface area contributed by atoms with E-state index in [1.165, 1.54) is 48.2 Å². The van der Waals surface area contributed by atoms with Crippen molar-refractivity contribution in [2.45, 2.75) is 122 Å². The maximum absolute atomic E-state index is 14.0. The Morgan fingerprint density at radius 2 is 1.12 bits per heavy atom. The van der Waals surface area contributed by atoms with Crippen molar-refractivity contribution < 1.29 is 53.3 Å². The number of nitrogens with one attached hydrogen (secondary N) is 6. The number of thioether (sulfide) groups is 1. The average Bonchev–Trinajstić information content (AvgIpc) is 3.76. The van der Waals surface area contributed by atoms with Gasteiger partial charge in [-0.2, -0.15) is 11.8 Å². The Kier molecular flexibility index (Phi) is 23.2. The average molecular weight is 953 g/mol. The summed E-state index contributed by atoms with van der Waals surface area (Å²) in [6, 6.07) is 8.23. The van der Waals surface area contributed by atoms with E-state index in [0.29, 0.717) is 42.7 Å². The van der Waals surface area contributed by atoms with Gasteiger partial charge in [0.15, 0.2) is 5.76 Å². The zero-order valence-corrected chi connectivity index (χ0v) is 39.7. The number of aromatic hydroxyl groups is 2. The Morgan fingerprint density at radius 1 is 0.612 bits per heavy atom. The molecule has 6 amide bonds. The Balaban J connectivity index is 1.80.